The second-order valence-electron chi connectivity index (χ2n) is 2.69. The number of rotatable bonds is 4. The Hall–Kier alpha value is -1.03. The highest BCUT2D eigenvalue weighted by Crippen LogP contribution is 2.10. The van der Waals surface area contributed by atoms with Crippen molar-refractivity contribution in [3.05, 3.63) is 12.0 Å². The summed E-state index contributed by atoms with van der Waals surface area (Å²) in [6.45, 7) is 3.37. The lowest BCUT2D eigenvalue weighted by molar-refractivity contribution is 0.205. The molecule has 4 nitrogen and oxygen atoms in total. The summed E-state index contributed by atoms with van der Waals surface area (Å²) in [5, 5.41) is 0. The van der Waals surface area contributed by atoms with Crippen molar-refractivity contribution in [1.29, 1.82) is 0 Å². The van der Waals surface area contributed by atoms with Gasteiger partial charge in [-0.2, -0.15) is 4.98 Å². The molecule has 1 heterocycles. The molecule has 1 aromatic heterocycles. The van der Waals surface area contributed by atoms with Gasteiger partial charge >= 0.3 is 0 Å². The number of likely N-dealkylation sites (N-methyl/N-ethyl adjacent to an activating group) is 1. The van der Waals surface area contributed by atoms with Crippen LogP contribution in [0.4, 0.5) is 6.01 Å². The zero-order chi connectivity index (χ0) is 8.97. The van der Waals surface area contributed by atoms with Crippen LogP contribution in [-0.4, -0.2) is 32.3 Å². The summed E-state index contributed by atoms with van der Waals surface area (Å²) >= 11 is 0. The Morgan fingerprint density at radius 2 is 2.42 bits per heavy atom. The van der Waals surface area contributed by atoms with E-state index in [0.717, 1.165) is 12.2 Å². The molecule has 0 fully saturated rings. The Morgan fingerprint density at radius 3 is 2.92 bits per heavy atom. The van der Waals surface area contributed by atoms with Crippen LogP contribution in [0.1, 0.15) is 5.69 Å². The largest absolute Gasteiger partial charge is 0.432 e. The molecule has 0 aliphatic heterocycles. The quantitative estimate of drug-likeness (QED) is 0.677. The lowest BCUT2D eigenvalue weighted by Gasteiger charge is -2.12. The average molecular weight is 170 g/mol. The summed E-state index contributed by atoms with van der Waals surface area (Å²) in [4.78, 5) is 6.08. The number of nitrogens with zero attached hydrogens (tertiary/aromatic N) is 2. The summed E-state index contributed by atoms with van der Waals surface area (Å²) < 4.78 is 10.1. The van der Waals surface area contributed by atoms with E-state index in [0.29, 0.717) is 12.6 Å². The number of methoxy groups -OCH3 is 1. The van der Waals surface area contributed by atoms with Gasteiger partial charge in [-0.15, -0.1) is 0 Å². The Bertz CT molecular complexity index is 235. The van der Waals surface area contributed by atoms with Gasteiger partial charge in [0, 0.05) is 20.7 Å². The maximum Gasteiger partial charge on any atom is 0.297 e. The van der Waals surface area contributed by atoms with Crippen molar-refractivity contribution < 1.29 is 9.15 Å². The number of hydrogen-bond donors (Lipinski definition) is 0. The average Bonchev–Trinajstić information content (AvgIpc) is 2.47. The van der Waals surface area contributed by atoms with E-state index in [9.17, 15) is 0 Å². The summed E-state index contributed by atoms with van der Waals surface area (Å²) in [5.41, 5.74) is 0.897. The predicted molar refractivity (Wildman–Crippen MR) is 46.4 cm³/mol. The highest BCUT2D eigenvalue weighted by molar-refractivity contribution is 5.24. The highest BCUT2D eigenvalue weighted by atomic mass is 16.5. The summed E-state index contributed by atoms with van der Waals surface area (Å²) in [7, 11) is 3.60. The topological polar surface area (TPSA) is 38.5 Å². The zero-order valence-corrected chi connectivity index (χ0v) is 7.70. The molecule has 0 unspecified atom stereocenters. The normalized spacial score (nSPS) is 10.2. The molecule has 0 aliphatic carbocycles. The molecule has 0 saturated carbocycles. The first-order valence-electron chi connectivity index (χ1n) is 3.86. The van der Waals surface area contributed by atoms with E-state index in [1.807, 2.05) is 18.9 Å². The molecule has 1 aromatic rings. The maximum absolute atomic E-state index is 5.18. The van der Waals surface area contributed by atoms with E-state index in [4.69, 9.17) is 9.15 Å². The number of aromatic nitrogens is 1. The predicted octanol–water partition coefficient (Wildman–Crippen LogP) is 1.07. The maximum atomic E-state index is 5.18. The van der Waals surface area contributed by atoms with E-state index >= 15 is 0 Å². The van der Waals surface area contributed by atoms with Crippen LogP contribution >= 0.6 is 0 Å². The standard InChI is InChI=1S/C8H14N2O2/c1-7-6-12-8(9-7)10(2)4-5-11-3/h6H,4-5H2,1-3H3. The molecule has 0 spiro atoms. The number of ether oxygens (including phenoxy) is 1. The van der Waals surface area contributed by atoms with E-state index in [1.54, 1.807) is 13.4 Å². The molecule has 0 amide bonds. The van der Waals surface area contributed by atoms with Crippen LogP contribution in [0, 0.1) is 6.92 Å². The number of hydrogen-bond acceptors (Lipinski definition) is 4. The fourth-order valence-corrected chi connectivity index (χ4v) is 0.841. The number of oxazole rings is 1. The van der Waals surface area contributed by atoms with Crippen LogP contribution in [0.3, 0.4) is 0 Å². The molecule has 12 heavy (non-hydrogen) atoms. The number of anilines is 1. The Labute approximate surface area is 72.1 Å². The fraction of sp³-hybridized carbons (Fsp3) is 0.625. The van der Waals surface area contributed by atoms with Crippen LogP contribution in [0.5, 0.6) is 0 Å². The summed E-state index contributed by atoms with van der Waals surface area (Å²) in [5.74, 6) is 0. The van der Waals surface area contributed by atoms with Gasteiger partial charge in [-0.05, 0) is 6.92 Å². The third-order valence-corrected chi connectivity index (χ3v) is 1.56. The molecule has 0 bridgehead atoms. The van der Waals surface area contributed by atoms with Gasteiger partial charge in [0.1, 0.15) is 6.26 Å². The van der Waals surface area contributed by atoms with Crippen molar-refractivity contribution in [1.82, 2.24) is 4.98 Å². The van der Waals surface area contributed by atoms with E-state index in [1.165, 1.54) is 0 Å². The summed E-state index contributed by atoms with van der Waals surface area (Å²) in [6, 6.07) is 0.643. The van der Waals surface area contributed by atoms with Gasteiger partial charge < -0.3 is 14.1 Å². The third-order valence-electron chi connectivity index (χ3n) is 1.56. The second-order valence-corrected chi connectivity index (χ2v) is 2.69. The highest BCUT2D eigenvalue weighted by Gasteiger charge is 2.05. The van der Waals surface area contributed by atoms with Gasteiger partial charge in [-0.25, -0.2) is 0 Å². The van der Waals surface area contributed by atoms with Gasteiger partial charge in [-0.3, -0.25) is 0 Å². The minimum Gasteiger partial charge on any atom is -0.432 e. The lowest BCUT2D eigenvalue weighted by atomic mass is 10.6. The van der Waals surface area contributed by atoms with Crippen LogP contribution < -0.4 is 4.90 Å². The SMILES string of the molecule is COCCN(C)c1nc(C)co1. The smallest absolute Gasteiger partial charge is 0.297 e. The van der Waals surface area contributed by atoms with Crippen molar-refractivity contribution in [3.8, 4) is 0 Å². The van der Waals surface area contributed by atoms with Crippen LogP contribution in [0.15, 0.2) is 10.7 Å². The van der Waals surface area contributed by atoms with Crippen molar-refractivity contribution in [2.45, 2.75) is 6.92 Å². The van der Waals surface area contributed by atoms with Gasteiger partial charge in [0.15, 0.2) is 0 Å². The molecule has 1 rings (SSSR count). The monoisotopic (exact) mass is 170 g/mol. The Morgan fingerprint density at radius 1 is 1.67 bits per heavy atom. The Balaban J connectivity index is 2.47. The van der Waals surface area contributed by atoms with Gasteiger partial charge in [0.25, 0.3) is 6.01 Å². The van der Waals surface area contributed by atoms with E-state index in [-0.39, 0.29) is 0 Å². The minimum absolute atomic E-state index is 0.643. The first-order chi connectivity index (χ1) is 5.74. The van der Waals surface area contributed by atoms with Crippen molar-refractivity contribution in [2.75, 3.05) is 32.2 Å². The third kappa shape index (κ3) is 2.23. The van der Waals surface area contributed by atoms with Crippen LogP contribution in [0.2, 0.25) is 0 Å². The fourth-order valence-electron chi connectivity index (χ4n) is 0.841. The van der Waals surface area contributed by atoms with Crippen LogP contribution in [0.25, 0.3) is 0 Å². The van der Waals surface area contributed by atoms with Gasteiger partial charge in [-0.1, -0.05) is 0 Å². The lowest BCUT2D eigenvalue weighted by Crippen LogP contribution is -2.22. The Kier molecular flexibility index (Phi) is 3.10. The molecular formula is C8H14N2O2. The first kappa shape index (κ1) is 9.06. The molecule has 0 radical (unpaired) electrons. The second kappa shape index (κ2) is 4.11. The zero-order valence-electron chi connectivity index (χ0n) is 7.70. The first-order valence-corrected chi connectivity index (χ1v) is 3.86. The summed E-state index contributed by atoms with van der Waals surface area (Å²) in [6.07, 6.45) is 1.64. The van der Waals surface area contributed by atoms with Crippen molar-refractivity contribution in [2.24, 2.45) is 0 Å². The van der Waals surface area contributed by atoms with Gasteiger partial charge in [0.2, 0.25) is 0 Å². The minimum atomic E-state index is 0.643. The van der Waals surface area contributed by atoms with E-state index in [2.05, 4.69) is 4.98 Å². The molecule has 0 atom stereocenters. The molecule has 0 aromatic carbocycles. The molecule has 4 heteroatoms. The van der Waals surface area contributed by atoms with E-state index < -0.39 is 0 Å². The molecule has 68 valence electrons. The van der Waals surface area contributed by atoms with Crippen molar-refractivity contribution in [3.63, 3.8) is 0 Å². The van der Waals surface area contributed by atoms with Crippen LogP contribution in [-0.2, 0) is 4.74 Å². The molecule has 0 saturated heterocycles. The number of aryl methyl sites for hydroxylation is 1. The van der Waals surface area contributed by atoms with Crippen molar-refractivity contribution >= 4 is 6.01 Å². The molecule has 0 N–H and O–H groups in total. The molecular weight excluding hydrogens is 156 g/mol. The van der Waals surface area contributed by atoms with Gasteiger partial charge in [0.05, 0.1) is 12.3 Å². The molecule has 0 aliphatic rings.